The van der Waals surface area contributed by atoms with E-state index in [-0.39, 0.29) is 4.90 Å². The third-order valence-corrected chi connectivity index (χ3v) is 5.73. The van der Waals surface area contributed by atoms with Gasteiger partial charge >= 0.3 is 0 Å². The summed E-state index contributed by atoms with van der Waals surface area (Å²) < 4.78 is 32.1. The Kier molecular flexibility index (Phi) is 14.5. The van der Waals surface area contributed by atoms with Crippen LogP contribution < -0.4 is 0 Å². The summed E-state index contributed by atoms with van der Waals surface area (Å²) in [6.07, 6.45) is 12.5. The average molecular weight is 416 g/mol. The smallest absolute Gasteiger partial charge is 0.124 e. The number of benzene rings is 1. The van der Waals surface area contributed by atoms with E-state index in [1.807, 2.05) is 6.92 Å². The third kappa shape index (κ3) is 15.0. The SMILES string of the molecule is CCCCCCCCCCC[N+](C)(C)CCO.Cc1ccc(S(=O)(=O)[O-])cc1. The number of quaternary nitrogens is 1. The molecular weight excluding hydrogens is 374 g/mol. The topological polar surface area (TPSA) is 77.4 Å². The quantitative estimate of drug-likeness (QED) is 0.293. The maximum atomic E-state index is 10.4. The largest absolute Gasteiger partial charge is 0.744 e. The predicted octanol–water partition coefficient (Wildman–Crippen LogP) is 4.49. The molecule has 0 aliphatic rings. The second-order valence-corrected chi connectivity index (χ2v) is 9.58. The molecule has 28 heavy (non-hydrogen) atoms. The van der Waals surface area contributed by atoms with Gasteiger partial charge in [-0.2, -0.15) is 0 Å². The van der Waals surface area contributed by atoms with Gasteiger partial charge in [0.25, 0.3) is 0 Å². The van der Waals surface area contributed by atoms with E-state index in [1.165, 1.54) is 76.5 Å². The second kappa shape index (κ2) is 15.0. The number of hydrogen-bond donors (Lipinski definition) is 1. The molecule has 5 nitrogen and oxygen atoms in total. The summed E-state index contributed by atoms with van der Waals surface area (Å²) in [5.41, 5.74) is 0.928. The molecule has 0 radical (unpaired) electrons. The summed E-state index contributed by atoms with van der Waals surface area (Å²) in [7, 11) is 0.149. The van der Waals surface area contributed by atoms with E-state index >= 15 is 0 Å². The molecule has 0 aromatic heterocycles. The van der Waals surface area contributed by atoms with Gasteiger partial charge < -0.3 is 14.1 Å². The van der Waals surface area contributed by atoms with Crippen LogP contribution in [0.15, 0.2) is 29.2 Å². The molecule has 6 heteroatoms. The van der Waals surface area contributed by atoms with Gasteiger partial charge in [0, 0.05) is 0 Å². The Morgan fingerprint density at radius 2 is 1.32 bits per heavy atom. The number of aryl methyl sites for hydroxylation is 1. The highest BCUT2D eigenvalue weighted by atomic mass is 32.2. The van der Waals surface area contributed by atoms with Crippen molar-refractivity contribution in [1.29, 1.82) is 0 Å². The molecule has 0 atom stereocenters. The predicted molar refractivity (Wildman–Crippen MR) is 115 cm³/mol. The van der Waals surface area contributed by atoms with Crippen LogP contribution in [0.1, 0.15) is 70.3 Å². The molecule has 0 unspecified atom stereocenters. The highest BCUT2D eigenvalue weighted by Gasteiger charge is 2.12. The van der Waals surface area contributed by atoms with Crippen LogP contribution in [0, 0.1) is 6.92 Å². The minimum Gasteiger partial charge on any atom is -0.744 e. The van der Waals surface area contributed by atoms with E-state index in [1.54, 1.807) is 12.1 Å². The van der Waals surface area contributed by atoms with Crippen molar-refractivity contribution in [2.45, 2.75) is 76.5 Å². The number of likely N-dealkylation sites (N-methyl/N-ethyl adjacent to an activating group) is 1. The molecule has 0 fully saturated rings. The summed E-state index contributed by atoms with van der Waals surface area (Å²) in [6, 6.07) is 5.78. The molecule has 1 N–H and O–H groups in total. The summed E-state index contributed by atoms with van der Waals surface area (Å²) >= 11 is 0. The Morgan fingerprint density at radius 3 is 1.75 bits per heavy atom. The number of nitrogens with zero attached hydrogens (tertiary/aromatic N) is 1. The lowest BCUT2D eigenvalue weighted by Crippen LogP contribution is -2.42. The molecule has 0 bridgehead atoms. The van der Waals surface area contributed by atoms with Crippen molar-refractivity contribution in [2.75, 3.05) is 33.8 Å². The second-order valence-electron chi connectivity index (χ2n) is 8.20. The van der Waals surface area contributed by atoms with E-state index in [9.17, 15) is 13.0 Å². The van der Waals surface area contributed by atoms with Crippen molar-refractivity contribution in [3.8, 4) is 0 Å². The zero-order valence-corrected chi connectivity index (χ0v) is 19.1. The van der Waals surface area contributed by atoms with Gasteiger partial charge in [-0.05, 0) is 31.9 Å². The first-order valence-corrected chi connectivity index (χ1v) is 12.0. The van der Waals surface area contributed by atoms with Crippen molar-refractivity contribution < 1.29 is 22.6 Å². The maximum Gasteiger partial charge on any atom is 0.124 e. The summed E-state index contributed by atoms with van der Waals surface area (Å²) in [4.78, 5) is -0.178. The van der Waals surface area contributed by atoms with Crippen LogP contribution in [-0.4, -0.2) is 56.4 Å². The van der Waals surface area contributed by atoms with Gasteiger partial charge in [0.2, 0.25) is 0 Å². The lowest BCUT2D eigenvalue weighted by molar-refractivity contribution is -0.890. The minimum atomic E-state index is -4.27. The van der Waals surface area contributed by atoms with Crippen molar-refractivity contribution in [3.63, 3.8) is 0 Å². The van der Waals surface area contributed by atoms with Gasteiger partial charge in [0.15, 0.2) is 0 Å². The van der Waals surface area contributed by atoms with Crippen LogP contribution in [0.4, 0.5) is 0 Å². The lowest BCUT2D eigenvalue weighted by atomic mass is 10.1. The molecule has 0 aliphatic carbocycles. The average Bonchev–Trinajstić information content (AvgIpc) is 2.60. The fourth-order valence-corrected chi connectivity index (χ4v) is 3.41. The lowest BCUT2D eigenvalue weighted by Gasteiger charge is -2.28. The van der Waals surface area contributed by atoms with Crippen molar-refractivity contribution in [1.82, 2.24) is 0 Å². The van der Waals surface area contributed by atoms with E-state index in [0.717, 1.165) is 16.6 Å². The minimum absolute atomic E-state index is 0.178. The Labute approximate surface area is 173 Å². The number of hydrogen-bond acceptors (Lipinski definition) is 4. The van der Waals surface area contributed by atoms with Gasteiger partial charge in [-0.3, -0.25) is 0 Å². The molecule has 0 heterocycles. The monoisotopic (exact) mass is 415 g/mol. The third-order valence-electron chi connectivity index (χ3n) is 4.88. The molecule has 0 amide bonds. The molecule has 1 aromatic carbocycles. The van der Waals surface area contributed by atoms with Crippen LogP contribution in [0.25, 0.3) is 0 Å². The van der Waals surface area contributed by atoms with E-state index < -0.39 is 10.1 Å². The van der Waals surface area contributed by atoms with E-state index in [2.05, 4.69) is 21.0 Å². The molecular formula is C22H41NO4S. The summed E-state index contributed by atoms with van der Waals surface area (Å²) in [5, 5.41) is 8.93. The first-order valence-electron chi connectivity index (χ1n) is 10.6. The van der Waals surface area contributed by atoms with Crippen molar-refractivity contribution in [2.24, 2.45) is 0 Å². The number of aliphatic hydroxyl groups excluding tert-OH is 1. The van der Waals surface area contributed by atoms with E-state index in [0.29, 0.717) is 6.61 Å². The van der Waals surface area contributed by atoms with Gasteiger partial charge in [-0.15, -0.1) is 0 Å². The molecule has 0 aliphatic heterocycles. The molecule has 164 valence electrons. The fraction of sp³-hybridized carbons (Fsp3) is 0.727. The zero-order chi connectivity index (χ0) is 21.5. The molecule has 1 aromatic rings. The molecule has 0 saturated carbocycles. The van der Waals surface area contributed by atoms with Crippen molar-refractivity contribution >= 4 is 10.1 Å². The van der Waals surface area contributed by atoms with Gasteiger partial charge in [0.1, 0.15) is 16.7 Å². The van der Waals surface area contributed by atoms with Crippen LogP contribution >= 0.6 is 0 Å². The molecule has 0 spiro atoms. The summed E-state index contributed by atoms with van der Waals surface area (Å²) in [6.45, 7) is 6.49. The van der Waals surface area contributed by atoms with Gasteiger partial charge in [-0.25, -0.2) is 8.42 Å². The van der Waals surface area contributed by atoms with Gasteiger partial charge in [-0.1, -0.05) is 69.6 Å². The number of aliphatic hydroxyl groups is 1. The first-order chi connectivity index (χ1) is 13.1. The van der Waals surface area contributed by atoms with Gasteiger partial charge in [0.05, 0.1) is 32.1 Å². The Morgan fingerprint density at radius 1 is 0.857 bits per heavy atom. The first kappa shape index (κ1) is 27.0. The number of rotatable bonds is 13. The standard InChI is InChI=1S/C15H34NO.C7H8O3S/c1-4-5-6-7-8-9-10-11-12-13-16(2,3)14-15-17;1-6-2-4-7(5-3-6)11(8,9)10/h17H,4-15H2,1-3H3;2-5H,1H3,(H,8,9,10)/q+1;/p-1. The highest BCUT2D eigenvalue weighted by Crippen LogP contribution is 2.11. The molecule has 1 rings (SSSR count). The van der Waals surface area contributed by atoms with Crippen LogP contribution in [0.2, 0.25) is 0 Å². The Balaban J connectivity index is 0.000000567. The van der Waals surface area contributed by atoms with E-state index in [4.69, 9.17) is 5.11 Å². The molecule has 0 saturated heterocycles. The van der Waals surface area contributed by atoms with Crippen LogP contribution in [-0.2, 0) is 10.1 Å². The fourth-order valence-electron chi connectivity index (χ4n) is 2.94. The Bertz CT molecular complexity index is 597. The van der Waals surface area contributed by atoms with Crippen LogP contribution in [0.5, 0.6) is 0 Å². The summed E-state index contributed by atoms with van der Waals surface area (Å²) in [5.74, 6) is 0. The Hall–Kier alpha value is -0.950. The normalized spacial score (nSPS) is 11.8. The number of unbranched alkanes of at least 4 members (excludes halogenated alkanes) is 8. The maximum absolute atomic E-state index is 10.4. The van der Waals surface area contributed by atoms with Crippen LogP contribution in [0.3, 0.4) is 0 Å². The van der Waals surface area contributed by atoms with Crippen molar-refractivity contribution in [3.05, 3.63) is 29.8 Å². The highest BCUT2D eigenvalue weighted by molar-refractivity contribution is 7.85. The zero-order valence-electron chi connectivity index (χ0n) is 18.3.